The van der Waals surface area contributed by atoms with Gasteiger partial charge in [0.05, 0.1) is 23.2 Å². The molecule has 1 unspecified atom stereocenters. The molecule has 0 aliphatic heterocycles. The first kappa shape index (κ1) is 17.9. The van der Waals surface area contributed by atoms with Crippen LogP contribution in [0.4, 0.5) is 5.69 Å². The second kappa shape index (κ2) is 7.56. The molecule has 0 bridgehead atoms. The van der Waals surface area contributed by atoms with E-state index in [1.165, 1.54) is 0 Å². The van der Waals surface area contributed by atoms with E-state index in [1.54, 1.807) is 6.20 Å². The lowest BCUT2D eigenvalue weighted by atomic mass is 10.1. The summed E-state index contributed by atoms with van der Waals surface area (Å²) in [6, 6.07) is 9.76. The van der Waals surface area contributed by atoms with Crippen LogP contribution in [0.2, 0.25) is 0 Å². The number of nitrogen functional groups attached to an aromatic ring is 1. The lowest BCUT2D eigenvalue weighted by molar-refractivity contribution is 0.0955. The number of aryl methyl sites for hydroxylation is 1. The van der Waals surface area contributed by atoms with Gasteiger partial charge < -0.3 is 11.1 Å². The Hall–Kier alpha value is -2.89. The van der Waals surface area contributed by atoms with Crippen molar-refractivity contribution >= 4 is 22.6 Å². The van der Waals surface area contributed by atoms with E-state index in [4.69, 9.17) is 5.73 Å². The first-order chi connectivity index (χ1) is 12.5. The molecule has 1 aromatic carbocycles. The smallest absolute Gasteiger partial charge is 0.252 e. The Morgan fingerprint density at radius 1 is 1.31 bits per heavy atom. The number of benzene rings is 1. The second-order valence-electron chi connectivity index (χ2n) is 6.64. The Labute approximate surface area is 153 Å². The van der Waals surface area contributed by atoms with E-state index in [1.807, 2.05) is 41.9 Å². The summed E-state index contributed by atoms with van der Waals surface area (Å²) in [6.45, 7) is 6.67. The molecule has 3 rings (SSSR count). The Morgan fingerprint density at radius 3 is 2.73 bits per heavy atom. The third-order valence-electron chi connectivity index (χ3n) is 4.63. The fourth-order valence-electron chi connectivity index (χ4n) is 2.93. The van der Waals surface area contributed by atoms with E-state index in [0.717, 1.165) is 40.8 Å². The summed E-state index contributed by atoms with van der Waals surface area (Å²) in [5, 5.41) is 8.24. The molecule has 0 fully saturated rings. The number of hydrogen-bond donors (Lipinski definition) is 2. The summed E-state index contributed by atoms with van der Waals surface area (Å²) in [4.78, 5) is 17.3. The monoisotopic (exact) mass is 351 g/mol. The van der Waals surface area contributed by atoms with E-state index in [0.29, 0.717) is 12.1 Å². The number of amides is 1. The van der Waals surface area contributed by atoms with Gasteiger partial charge in [0, 0.05) is 17.9 Å². The third-order valence-corrected chi connectivity index (χ3v) is 4.63. The van der Waals surface area contributed by atoms with Gasteiger partial charge in [0.15, 0.2) is 5.65 Å². The molecule has 0 radical (unpaired) electrons. The topological polar surface area (TPSA) is 85.8 Å². The van der Waals surface area contributed by atoms with Crippen molar-refractivity contribution in [2.75, 3.05) is 12.3 Å². The van der Waals surface area contributed by atoms with Gasteiger partial charge >= 0.3 is 0 Å². The van der Waals surface area contributed by atoms with Crippen LogP contribution in [-0.2, 0) is 6.42 Å². The summed E-state index contributed by atoms with van der Waals surface area (Å²) in [7, 11) is 0. The highest BCUT2D eigenvalue weighted by Crippen LogP contribution is 2.22. The van der Waals surface area contributed by atoms with Crippen molar-refractivity contribution in [3.63, 3.8) is 0 Å². The summed E-state index contributed by atoms with van der Waals surface area (Å²) in [5.74, 6) is -0.0975. The van der Waals surface area contributed by atoms with Gasteiger partial charge in [-0.05, 0) is 50.5 Å². The van der Waals surface area contributed by atoms with Crippen molar-refractivity contribution in [3.05, 3.63) is 53.3 Å². The van der Waals surface area contributed by atoms with Crippen LogP contribution >= 0.6 is 0 Å². The highest BCUT2D eigenvalue weighted by Gasteiger charge is 2.17. The number of pyridine rings is 1. The number of carbonyl (C=O) groups is 1. The molecular formula is C20H25N5O. The van der Waals surface area contributed by atoms with Crippen LogP contribution in [0.25, 0.3) is 11.0 Å². The van der Waals surface area contributed by atoms with Crippen molar-refractivity contribution in [1.82, 2.24) is 20.1 Å². The Kier molecular flexibility index (Phi) is 5.21. The Bertz CT molecular complexity index is 914. The molecule has 0 aliphatic rings. The fourth-order valence-corrected chi connectivity index (χ4v) is 2.93. The van der Waals surface area contributed by atoms with Crippen molar-refractivity contribution in [2.45, 2.75) is 39.7 Å². The molecule has 0 spiro atoms. The number of anilines is 1. The molecule has 1 atom stereocenters. The minimum Gasteiger partial charge on any atom is -0.399 e. The minimum atomic E-state index is -0.0975. The molecule has 136 valence electrons. The molecular weight excluding hydrogens is 326 g/mol. The molecule has 0 saturated carbocycles. The number of nitrogens with two attached hydrogens (primary N) is 1. The Balaban J connectivity index is 1.77. The molecule has 3 aromatic rings. The lowest BCUT2D eigenvalue weighted by Gasteiger charge is -2.11. The van der Waals surface area contributed by atoms with Crippen molar-refractivity contribution in [3.8, 4) is 0 Å². The first-order valence-corrected chi connectivity index (χ1v) is 8.97. The number of nitrogens with one attached hydrogen (secondary N) is 1. The van der Waals surface area contributed by atoms with E-state index >= 15 is 0 Å². The van der Waals surface area contributed by atoms with Crippen molar-refractivity contribution < 1.29 is 4.79 Å². The van der Waals surface area contributed by atoms with Gasteiger partial charge in [-0.2, -0.15) is 5.10 Å². The van der Waals surface area contributed by atoms with Gasteiger partial charge in [-0.15, -0.1) is 0 Å². The third kappa shape index (κ3) is 3.69. The fraction of sp³-hybridized carbons (Fsp3) is 0.350. The van der Waals surface area contributed by atoms with Gasteiger partial charge in [0.25, 0.3) is 5.91 Å². The highest BCUT2D eigenvalue weighted by molar-refractivity contribution is 6.05. The molecule has 26 heavy (non-hydrogen) atoms. The number of carbonyl (C=O) groups excluding carboxylic acids is 1. The average Bonchev–Trinajstić information content (AvgIpc) is 3.05. The van der Waals surface area contributed by atoms with Crippen molar-refractivity contribution in [1.29, 1.82) is 0 Å². The predicted octanol–water partition coefficient (Wildman–Crippen LogP) is 3.27. The largest absolute Gasteiger partial charge is 0.399 e. The Morgan fingerprint density at radius 2 is 2.04 bits per heavy atom. The highest BCUT2D eigenvalue weighted by atomic mass is 16.1. The standard InChI is InChI=1S/C20H25N5O/c1-4-14(3)25-19-18(12-23-25)17(11-13(2)24-19)20(26)22-10-9-15-5-7-16(21)8-6-15/h5-8,11-12,14H,4,9-10,21H2,1-3H3,(H,22,26). The van der Waals surface area contributed by atoms with Gasteiger partial charge in [-0.25, -0.2) is 9.67 Å². The minimum absolute atomic E-state index is 0.0975. The maximum atomic E-state index is 12.7. The SMILES string of the molecule is CCC(C)n1ncc2c(C(=O)NCCc3ccc(N)cc3)cc(C)nc21. The molecule has 2 aromatic heterocycles. The van der Waals surface area contributed by atoms with E-state index in [2.05, 4.69) is 29.2 Å². The molecule has 0 saturated heterocycles. The van der Waals surface area contributed by atoms with Crippen LogP contribution in [0.3, 0.4) is 0 Å². The summed E-state index contributed by atoms with van der Waals surface area (Å²) in [6.07, 6.45) is 3.45. The van der Waals surface area contributed by atoms with Gasteiger partial charge in [-0.1, -0.05) is 19.1 Å². The van der Waals surface area contributed by atoms with Crippen LogP contribution in [0.15, 0.2) is 36.5 Å². The molecule has 6 heteroatoms. The average molecular weight is 351 g/mol. The molecule has 6 nitrogen and oxygen atoms in total. The first-order valence-electron chi connectivity index (χ1n) is 8.97. The van der Waals surface area contributed by atoms with Crippen LogP contribution in [0.1, 0.15) is 47.9 Å². The van der Waals surface area contributed by atoms with E-state index in [-0.39, 0.29) is 11.9 Å². The van der Waals surface area contributed by atoms with Gasteiger partial charge in [0.1, 0.15) is 0 Å². The number of aromatic nitrogens is 3. The number of hydrogen-bond acceptors (Lipinski definition) is 4. The molecule has 0 aliphatic carbocycles. The summed E-state index contributed by atoms with van der Waals surface area (Å²) >= 11 is 0. The zero-order valence-electron chi connectivity index (χ0n) is 15.5. The van der Waals surface area contributed by atoms with Gasteiger partial charge in [0.2, 0.25) is 0 Å². The number of nitrogens with zero attached hydrogens (tertiary/aromatic N) is 3. The van der Waals surface area contributed by atoms with E-state index < -0.39 is 0 Å². The predicted molar refractivity (Wildman–Crippen MR) is 104 cm³/mol. The maximum Gasteiger partial charge on any atom is 0.252 e. The van der Waals surface area contributed by atoms with Crippen LogP contribution in [0, 0.1) is 6.92 Å². The lowest BCUT2D eigenvalue weighted by Crippen LogP contribution is -2.26. The van der Waals surface area contributed by atoms with Crippen LogP contribution in [0.5, 0.6) is 0 Å². The van der Waals surface area contributed by atoms with Gasteiger partial charge in [-0.3, -0.25) is 4.79 Å². The normalized spacial score (nSPS) is 12.3. The zero-order chi connectivity index (χ0) is 18.7. The van der Waals surface area contributed by atoms with E-state index in [9.17, 15) is 4.79 Å². The quantitative estimate of drug-likeness (QED) is 0.668. The molecule has 1 amide bonds. The van der Waals surface area contributed by atoms with Crippen LogP contribution in [-0.4, -0.2) is 27.2 Å². The number of rotatable bonds is 6. The summed E-state index contributed by atoms with van der Waals surface area (Å²) in [5.41, 5.74) is 9.78. The molecule has 2 heterocycles. The van der Waals surface area contributed by atoms with Crippen molar-refractivity contribution in [2.24, 2.45) is 0 Å². The van der Waals surface area contributed by atoms with Crippen LogP contribution < -0.4 is 11.1 Å². The second-order valence-corrected chi connectivity index (χ2v) is 6.64. The number of fused-ring (bicyclic) bond motifs is 1. The molecule has 3 N–H and O–H groups in total. The summed E-state index contributed by atoms with van der Waals surface area (Å²) < 4.78 is 1.90. The zero-order valence-corrected chi connectivity index (χ0v) is 15.5. The maximum absolute atomic E-state index is 12.7.